The Bertz CT molecular complexity index is 772. The first-order chi connectivity index (χ1) is 13.4. The molecule has 0 fully saturated rings. The first kappa shape index (κ1) is 21.3. The van der Waals surface area contributed by atoms with Crippen molar-refractivity contribution in [3.63, 3.8) is 0 Å². The molecule has 2 aromatic carbocycles. The first-order valence-corrected chi connectivity index (χ1v) is 9.34. The predicted molar refractivity (Wildman–Crippen MR) is 108 cm³/mol. The zero-order valence-electron chi connectivity index (χ0n) is 16.9. The molecule has 2 aromatic rings. The molecule has 0 aliphatic heterocycles. The lowest BCUT2D eigenvalue weighted by Crippen LogP contribution is -2.49. The molecule has 1 N–H and O–H groups in total. The summed E-state index contributed by atoms with van der Waals surface area (Å²) < 4.78 is 10.7. The van der Waals surface area contributed by atoms with Gasteiger partial charge in [0, 0.05) is 13.1 Å². The van der Waals surface area contributed by atoms with Crippen molar-refractivity contribution in [1.82, 2.24) is 10.2 Å². The minimum absolute atomic E-state index is 0.151. The van der Waals surface area contributed by atoms with Gasteiger partial charge >= 0.3 is 0 Å². The van der Waals surface area contributed by atoms with E-state index in [4.69, 9.17) is 9.47 Å². The lowest BCUT2D eigenvalue weighted by atomic mass is 10.1. The molecule has 2 rings (SSSR count). The molecule has 6 heteroatoms. The largest absolute Gasteiger partial charge is 0.497 e. The Hall–Kier alpha value is -3.02. The summed E-state index contributed by atoms with van der Waals surface area (Å²) in [5.74, 6) is 0.835. The van der Waals surface area contributed by atoms with Crippen LogP contribution in [0, 0.1) is 6.92 Å². The van der Waals surface area contributed by atoms with E-state index in [1.54, 1.807) is 43.2 Å². The summed E-state index contributed by atoms with van der Waals surface area (Å²) in [6.45, 7) is 6.28. The average molecular weight is 384 g/mol. The molecule has 0 saturated heterocycles. The summed E-state index contributed by atoms with van der Waals surface area (Å²) in [7, 11) is 1.59. The zero-order valence-corrected chi connectivity index (χ0v) is 16.9. The van der Waals surface area contributed by atoms with Gasteiger partial charge in [0.2, 0.25) is 5.91 Å². The number of nitrogens with zero attached hydrogens (tertiary/aromatic N) is 1. The Balaban J connectivity index is 2.10. The van der Waals surface area contributed by atoms with E-state index in [1.165, 1.54) is 0 Å². The van der Waals surface area contributed by atoms with Gasteiger partial charge in [0.15, 0.2) is 6.61 Å². The number of carbonyl (C=O) groups is 2. The van der Waals surface area contributed by atoms with Gasteiger partial charge in [-0.25, -0.2) is 0 Å². The highest BCUT2D eigenvalue weighted by Gasteiger charge is 2.26. The second-order valence-corrected chi connectivity index (χ2v) is 6.54. The number of nitrogens with one attached hydrogen (secondary N) is 1. The van der Waals surface area contributed by atoms with E-state index in [1.807, 2.05) is 38.1 Å². The van der Waals surface area contributed by atoms with Gasteiger partial charge in [0.1, 0.15) is 17.5 Å². The quantitative estimate of drug-likeness (QED) is 0.722. The second kappa shape index (κ2) is 10.3. The Kier molecular flexibility index (Phi) is 7.87. The highest BCUT2D eigenvalue weighted by atomic mass is 16.5. The van der Waals surface area contributed by atoms with E-state index in [0.29, 0.717) is 24.6 Å². The molecule has 0 aliphatic carbocycles. The third kappa shape index (κ3) is 6.01. The monoisotopic (exact) mass is 384 g/mol. The van der Waals surface area contributed by atoms with Crippen LogP contribution in [0.2, 0.25) is 0 Å². The Morgan fingerprint density at radius 2 is 1.64 bits per heavy atom. The average Bonchev–Trinajstić information content (AvgIpc) is 2.71. The maximum atomic E-state index is 12.9. The van der Waals surface area contributed by atoms with Crippen LogP contribution in [-0.2, 0) is 16.1 Å². The Morgan fingerprint density at radius 1 is 1.04 bits per heavy atom. The molecular formula is C22H28N2O4. The van der Waals surface area contributed by atoms with Crippen molar-refractivity contribution < 1.29 is 19.1 Å². The molecule has 28 heavy (non-hydrogen) atoms. The number of hydrogen-bond donors (Lipinski definition) is 1. The van der Waals surface area contributed by atoms with Gasteiger partial charge in [-0.05, 0) is 50.6 Å². The van der Waals surface area contributed by atoms with Crippen molar-refractivity contribution in [3.05, 3.63) is 59.7 Å². The fraction of sp³-hybridized carbons (Fsp3) is 0.364. The van der Waals surface area contributed by atoms with Gasteiger partial charge in [-0.2, -0.15) is 0 Å². The minimum Gasteiger partial charge on any atom is -0.497 e. The van der Waals surface area contributed by atoms with E-state index in [9.17, 15) is 9.59 Å². The Labute approximate surface area is 166 Å². The summed E-state index contributed by atoms with van der Waals surface area (Å²) in [4.78, 5) is 26.7. The lowest BCUT2D eigenvalue weighted by molar-refractivity contribution is -0.142. The predicted octanol–water partition coefficient (Wildman–Crippen LogP) is 2.94. The van der Waals surface area contributed by atoms with Crippen molar-refractivity contribution in [1.29, 1.82) is 0 Å². The van der Waals surface area contributed by atoms with Crippen LogP contribution in [-0.4, -0.2) is 43.0 Å². The Morgan fingerprint density at radius 3 is 2.21 bits per heavy atom. The maximum absolute atomic E-state index is 12.9. The summed E-state index contributed by atoms with van der Waals surface area (Å²) in [5, 5.41) is 2.77. The molecule has 0 radical (unpaired) electrons. The number of aryl methyl sites for hydroxylation is 1. The number of carbonyl (C=O) groups excluding carboxylic acids is 2. The van der Waals surface area contributed by atoms with Crippen molar-refractivity contribution in [2.24, 2.45) is 0 Å². The van der Waals surface area contributed by atoms with Crippen LogP contribution in [0.25, 0.3) is 0 Å². The van der Waals surface area contributed by atoms with E-state index < -0.39 is 6.04 Å². The van der Waals surface area contributed by atoms with Gasteiger partial charge in [-0.1, -0.05) is 29.8 Å². The van der Waals surface area contributed by atoms with Crippen LogP contribution in [0.3, 0.4) is 0 Å². The highest BCUT2D eigenvalue weighted by molar-refractivity contribution is 5.87. The molecule has 6 nitrogen and oxygen atoms in total. The SMILES string of the molecule is CCNC(=O)[C@H](C)N(Cc1ccc(C)cc1)C(=O)COc1ccc(OC)cc1. The van der Waals surface area contributed by atoms with Crippen LogP contribution in [0.4, 0.5) is 0 Å². The molecule has 0 spiro atoms. The number of methoxy groups -OCH3 is 1. The number of amides is 2. The van der Waals surface area contributed by atoms with Crippen molar-refractivity contribution in [2.45, 2.75) is 33.4 Å². The van der Waals surface area contributed by atoms with Gasteiger partial charge < -0.3 is 19.7 Å². The van der Waals surface area contributed by atoms with Crippen LogP contribution in [0.15, 0.2) is 48.5 Å². The molecular weight excluding hydrogens is 356 g/mol. The van der Waals surface area contributed by atoms with Crippen LogP contribution >= 0.6 is 0 Å². The number of hydrogen-bond acceptors (Lipinski definition) is 4. The van der Waals surface area contributed by atoms with Gasteiger partial charge in [0.25, 0.3) is 5.91 Å². The van der Waals surface area contributed by atoms with E-state index >= 15 is 0 Å². The lowest BCUT2D eigenvalue weighted by Gasteiger charge is -2.28. The number of rotatable bonds is 9. The number of benzene rings is 2. The van der Waals surface area contributed by atoms with E-state index in [0.717, 1.165) is 11.1 Å². The van der Waals surface area contributed by atoms with Crippen LogP contribution < -0.4 is 14.8 Å². The molecule has 0 aromatic heterocycles. The third-order valence-corrected chi connectivity index (χ3v) is 4.41. The minimum atomic E-state index is -0.603. The van der Waals surface area contributed by atoms with Crippen molar-refractivity contribution in [2.75, 3.05) is 20.3 Å². The normalized spacial score (nSPS) is 11.4. The molecule has 150 valence electrons. The molecule has 2 amide bonds. The number of likely N-dealkylation sites (N-methyl/N-ethyl adjacent to an activating group) is 1. The summed E-state index contributed by atoms with van der Waals surface area (Å²) in [6.07, 6.45) is 0. The smallest absolute Gasteiger partial charge is 0.261 e. The molecule has 0 aliphatic rings. The first-order valence-electron chi connectivity index (χ1n) is 9.34. The molecule has 0 heterocycles. The summed E-state index contributed by atoms with van der Waals surface area (Å²) in [6, 6.07) is 14.3. The molecule has 1 atom stereocenters. The van der Waals surface area contributed by atoms with Crippen molar-refractivity contribution >= 4 is 11.8 Å². The zero-order chi connectivity index (χ0) is 20.5. The van der Waals surface area contributed by atoms with E-state index in [-0.39, 0.29) is 18.4 Å². The summed E-state index contributed by atoms with van der Waals surface area (Å²) in [5.41, 5.74) is 2.10. The van der Waals surface area contributed by atoms with E-state index in [2.05, 4.69) is 5.32 Å². The maximum Gasteiger partial charge on any atom is 0.261 e. The fourth-order valence-corrected chi connectivity index (χ4v) is 2.69. The molecule has 0 unspecified atom stereocenters. The van der Waals surface area contributed by atoms with Crippen LogP contribution in [0.5, 0.6) is 11.5 Å². The van der Waals surface area contributed by atoms with Gasteiger partial charge in [-0.15, -0.1) is 0 Å². The van der Waals surface area contributed by atoms with Crippen LogP contribution in [0.1, 0.15) is 25.0 Å². The van der Waals surface area contributed by atoms with Gasteiger partial charge in [-0.3, -0.25) is 9.59 Å². The standard InChI is InChI=1S/C22H28N2O4/c1-5-23-22(26)17(3)24(14-18-8-6-16(2)7-9-18)21(25)15-28-20-12-10-19(27-4)11-13-20/h6-13,17H,5,14-15H2,1-4H3,(H,23,26)/t17-/m0/s1. The topological polar surface area (TPSA) is 67.9 Å². The van der Waals surface area contributed by atoms with Gasteiger partial charge in [0.05, 0.1) is 7.11 Å². The molecule has 0 saturated carbocycles. The fourth-order valence-electron chi connectivity index (χ4n) is 2.69. The number of ether oxygens (including phenoxy) is 2. The second-order valence-electron chi connectivity index (χ2n) is 6.54. The molecule has 0 bridgehead atoms. The third-order valence-electron chi connectivity index (χ3n) is 4.41. The highest BCUT2D eigenvalue weighted by Crippen LogP contribution is 2.17. The van der Waals surface area contributed by atoms with Crippen molar-refractivity contribution in [3.8, 4) is 11.5 Å². The summed E-state index contributed by atoms with van der Waals surface area (Å²) >= 11 is 0.